The molecular formula is C12H21N5O. The zero-order valence-electron chi connectivity index (χ0n) is 11.1. The zero-order chi connectivity index (χ0) is 13.0. The van der Waals surface area contributed by atoms with Crippen LogP contribution in [0.4, 0.5) is 11.8 Å². The van der Waals surface area contributed by atoms with E-state index in [1.165, 1.54) is 13.0 Å². The van der Waals surface area contributed by atoms with Gasteiger partial charge in [-0.3, -0.25) is 4.90 Å². The summed E-state index contributed by atoms with van der Waals surface area (Å²) in [6.45, 7) is 7.46. The van der Waals surface area contributed by atoms with Crippen molar-refractivity contribution in [3.8, 4) is 5.88 Å². The van der Waals surface area contributed by atoms with Crippen LogP contribution in [0.5, 0.6) is 5.88 Å². The van der Waals surface area contributed by atoms with Crippen molar-refractivity contribution >= 4 is 11.8 Å². The van der Waals surface area contributed by atoms with E-state index in [1.54, 1.807) is 7.11 Å². The molecule has 0 saturated carbocycles. The summed E-state index contributed by atoms with van der Waals surface area (Å²) in [7, 11) is 1.59. The number of ether oxygens (including phenoxy) is 1. The molecule has 1 saturated heterocycles. The summed E-state index contributed by atoms with van der Waals surface area (Å²) in [6.07, 6.45) is 1.20. The van der Waals surface area contributed by atoms with Gasteiger partial charge in [0.05, 0.1) is 7.11 Å². The van der Waals surface area contributed by atoms with Crippen LogP contribution in [0.3, 0.4) is 0 Å². The normalized spacial score (nSPS) is 16.9. The second-order valence-electron chi connectivity index (χ2n) is 4.46. The Morgan fingerprint density at radius 1 is 1.28 bits per heavy atom. The Morgan fingerprint density at radius 3 is 2.61 bits per heavy atom. The Hall–Kier alpha value is -1.56. The number of piperazine rings is 1. The van der Waals surface area contributed by atoms with Crippen molar-refractivity contribution in [2.75, 3.05) is 50.5 Å². The predicted molar refractivity (Wildman–Crippen MR) is 71.9 cm³/mol. The van der Waals surface area contributed by atoms with Crippen LogP contribution < -0.4 is 15.4 Å². The van der Waals surface area contributed by atoms with Crippen molar-refractivity contribution in [3.63, 3.8) is 0 Å². The highest BCUT2D eigenvalue weighted by Crippen LogP contribution is 2.19. The quantitative estimate of drug-likeness (QED) is 0.845. The molecule has 18 heavy (non-hydrogen) atoms. The first kappa shape index (κ1) is 12.9. The van der Waals surface area contributed by atoms with E-state index in [0.29, 0.717) is 5.88 Å². The zero-order valence-corrected chi connectivity index (χ0v) is 11.1. The number of aromatic nitrogens is 2. The van der Waals surface area contributed by atoms with Crippen molar-refractivity contribution < 1.29 is 4.74 Å². The minimum atomic E-state index is 0.264. The maximum atomic E-state index is 5.68. The van der Waals surface area contributed by atoms with Gasteiger partial charge in [-0.05, 0) is 13.0 Å². The van der Waals surface area contributed by atoms with Gasteiger partial charge in [-0.15, -0.1) is 0 Å². The molecule has 1 aromatic heterocycles. The van der Waals surface area contributed by atoms with E-state index in [1.807, 2.05) is 6.07 Å². The van der Waals surface area contributed by atoms with E-state index in [4.69, 9.17) is 10.5 Å². The molecule has 1 aromatic rings. The fourth-order valence-electron chi connectivity index (χ4n) is 2.21. The average molecular weight is 251 g/mol. The monoisotopic (exact) mass is 251 g/mol. The molecule has 0 atom stereocenters. The van der Waals surface area contributed by atoms with Gasteiger partial charge in [0.15, 0.2) is 0 Å². The molecule has 100 valence electrons. The topological polar surface area (TPSA) is 67.5 Å². The lowest BCUT2D eigenvalue weighted by molar-refractivity contribution is 0.258. The van der Waals surface area contributed by atoms with Gasteiger partial charge in [-0.1, -0.05) is 6.92 Å². The van der Waals surface area contributed by atoms with Crippen LogP contribution in [0.2, 0.25) is 0 Å². The number of hydrogen-bond acceptors (Lipinski definition) is 6. The van der Waals surface area contributed by atoms with E-state index in [0.717, 1.165) is 32.0 Å². The first-order valence-corrected chi connectivity index (χ1v) is 6.38. The van der Waals surface area contributed by atoms with E-state index >= 15 is 0 Å². The summed E-state index contributed by atoms with van der Waals surface area (Å²) < 4.78 is 5.12. The molecule has 1 aliphatic heterocycles. The number of rotatable bonds is 4. The minimum Gasteiger partial charge on any atom is -0.481 e. The van der Waals surface area contributed by atoms with Gasteiger partial charge in [0.25, 0.3) is 0 Å². The Bertz CT molecular complexity index is 390. The summed E-state index contributed by atoms with van der Waals surface area (Å²) >= 11 is 0. The molecule has 2 N–H and O–H groups in total. The Morgan fingerprint density at radius 2 is 2.00 bits per heavy atom. The third-order valence-electron chi connectivity index (χ3n) is 3.15. The molecule has 1 fully saturated rings. The van der Waals surface area contributed by atoms with Gasteiger partial charge in [0.1, 0.15) is 5.82 Å². The highest BCUT2D eigenvalue weighted by molar-refractivity contribution is 5.45. The smallest absolute Gasteiger partial charge is 0.225 e. The number of hydrogen-bond donors (Lipinski definition) is 1. The van der Waals surface area contributed by atoms with Gasteiger partial charge in [-0.25, -0.2) is 0 Å². The van der Waals surface area contributed by atoms with Crippen molar-refractivity contribution in [1.82, 2.24) is 14.9 Å². The third-order valence-corrected chi connectivity index (χ3v) is 3.15. The number of anilines is 2. The van der Waals surface area contributed by atoms with Crippen molar-refractivity contribution in [3.05, 3.63) is 6.07 Å². The standard InChI is InChI=1S/C12H21N5O/c1-3-4-16-5-7-17(8-6-16)10-9-11(18-2)15-12(13)14-10/h9H,3-8H2,1-2H3,(H2,13,14,15). The van der Waals surface area contributed by atoms with E-state index < -0.39 is 0 Å². The molecule has 0 unspecified atom stereocenters. The summed E-state index contributed by atoms with van der Waals surface area (Å²) in [4.78, 5) is 13.0. The lowest BCUT2D eigenvalue weighted by Gasteiger charge is -2.35. The van der Waals surface area contributed by atoms with Crippen LogP contribution in [0.1, 0.15) is 13.3 Å². The highest BCUT2D eigenvalue weighted by Gasteiger charge is 2.18. The molecule has 2 rings (SSSR count). The van der Waals surface area contributed by atoms with Crippen LogP contribution in [-0.4, -0.2) is 54.7 Å². The van der Waals surface area contributed by atoms with Crippen LogP contribution in [0.15, 0.2) is 6.07 Å². The number of nitrogens with two attached hydrogens (primary N) is 1. The van der Waals surface area contributed by atoms with E-state index in [-0.39, 0.29) is 5.95 Å². The molecule has 0 amide bonds. The lowest BCUT2D eigenvalue weighted by atomic mass is 10.3. The first-order chi connectivity index (χ1) is 8.72. The molecule has 6 nitrogen and oxygen atoms in total. The Kier molecular flexibility index (Phi) is 4.19. The average Bonchev–Trinajstić information content (AvgIpc) is 2.39. The molecule has 0 spiro atoms. The van der Waals surface area contributed by atoms with Crippen molar-refractivity contribution in [2.24, 2.45) is 0 Å². The van der Waals surface area contributed by atoms with E-state index in [9.17, 15) is 0 Å². The second-order valence-corrected chi connectivity index (χ2v) is 4.46. The van der Waals surface area contributed by atoms with Crippen molar-refractivity contribution in [1.29, 1.82) is 0 Å². The van der Waals surface area contributed by atoms with Crippen LogP contribution in [0, 0.1) is 0 Å². The maximum absolute atomic E-state index is 5.68. The van der Waals surface area contributed by atoms with Gasteiger partial charge in [0.2, 0.25) is 11.8 Å². The second kappa shape index (κ2) is 5.86. The van der Waals surface area contributed by atoms with Crippen molar-refractivity contribution in [2.45, 2.75) is 13.3 Å². The molecule has 0 bridgehead atoms. The number of methoxy groups -OCH3 is 1. The van der Waals surface area contributed by atoms with Crippen LogP contribution >= 0.6 is 0 Å². The molecule has 6 heteroatoms. The lowest BCUT2D eigenvalue weighted by Crippen LogP contribution is -2.46. The molecule has 0 aromatic carbocycles. The third kappa shape index (κ3) is 3.01. The summed E-state index contributed by atoms with van der Waals surface area (Å²) in [5.74, 6) is 1.64. The highest BCUT2D eigenvalue weighted by atomic mass is 16.5. The Balaban J connectivity index is 2.02. The largest absolute Gasteiger partial charge is 0.481 e. The predicted octanol–water partition coefficient (Wildman–Crippen LogP) is 0.599. The minimum absolute atomic E-state index is 0.264. The van der Waals surface area contributed by atoms with Crippen LogP contribution in [0.25, 0.3) is 0 Å². The maximum Gasteiger partial charge on any atom is 0.225 e. The molecular weight excluding hydrogens is 230 g/mol. The number of nitrogen functional groups attached to an aromatic ring is 1. The summed E-state index contributed by atoms with van der Waals surface area (Å²) in [5.41, 5.74) is 5.68. The molecule has 0 radical (unpaired) electrons. The van der Waals surface area contributed by atoms with Gasteiger partial charge >= 0.3 is 0 Å². The number of nitrogens with zero attached hydrogens (tertiary/aromatic N) is 4. The van der Waals surface area contributed by atoms with Crippen LogP contribution in [-0.2, 0) is 0 Å². The SMILES string of the molecule is CCCN1CCN(c2cc(OC)nc(N)n2)CC1. The Labute approximate surface area is 108 Å². The van der Waals surface area contributed by atoms with Gasteiger partial charge in [-0.2, -0.15) is 9.97 Å². The molecule has 0 aliphatic carbocycles. The molecule has 1 aliphatic rings. The first-order valence-electron chi connectivity index (χ1n) is 6.38. The fraction of sp³-hybridized carbons (Fsp3) is 0.667. The molecule has 2 heterocycles. The summed E-state index contributed by atoms with van der Waals surface area (Å²) in [6, 6.07) is 1.84. The van der Waals surface area contributed by atoms with Gasteiger partial charge < -0.3 is 15.4 Å². The summed E-state index contributed by atoms with van der Waals surface area (Å²) in [5, 5.41) is 0. The fourth-order valence-corrected chi connectivity index (χ4v) is 2.21. The van der Waals surface area contributed by atoms with E-state index in [2.05, 4.69) is 26.7 Å². The van der Waals surface area contributed by atoms with Gasteiger partial charge in [0, 0.05) is 32.2 Å².